The first kappa shape index (κ1) is 28.8. The molecule has 0 radical (unpaired) electrons. The molecule has 44 heavy (non-hydrogen) atoms. The van der Waals surface area contributed by atoms with E-state index in [1.165, 1.54) is 18.3 Å². The lowest BCUT2D eigenvalue weighted by atomic mass is 10.2. The maximum absolute atomic E-state index is 13.7. The van der Waals surface area contributed by atoms with Crippen molar-refractivity contribution in [1.29, 1.82) is 0 Å². The predicted octanol–water partition coefficient (Wildman–Crippen LogP) is 7.03. The molecule has 1 amide bonds. The first-order valence-electron chi connectivity index (χ1n) is 13.0. The van der Waals surface area contributed by atoms with Gasteiger partial charge in [0, 0.05) is 32.2 Å². The number of hydrogen-bond donors (Lipinski definition) is 1. The minimum absolute atomic E-state index is 0.121. The number of nitro benzene ring substituents is 1. The van der Waals surface area contributed by atoms with Crippen molar-refractivity contribution < 1.29 is 18.9 Å². The molecule has 0 fully saturated rings. The summed E-state index contributed by atoms with van der Waals surface area (Å²) in [6.07, 6.45) is 1.23. The number of nitro groups is 1. The lowest BCUT2D eigenvalue weighted by Crippen LogP contribution is -2.21. The number of para-hydroxylation sites is 2. The van der Waals surface area contributed by atoms with Crippen LogP contribution < -0.4 is 15.6 Å². The van der Waals surface area contributed by atoms with E-state index in [0.29, 0.717) is 37.4 Å². The summed E-state index contributed by atoms with van der Waals surface area (Å²) in [4.78, 5) is 42.2. The quantitative estimate of drug-likeness (QED) is 0.104. The number of aromatic nitrogens is 2. The van der Waals surface area contributed by atoms with Gasteiger partial charge in [-0.25, -0.2) is 4.98 Å². The van der Waals surface area contributed by atoms with Crippen molar-refractivity contribution >= 4 is 72.9 Å². The molecule has 218 valence electrons. The Morgan fingerprint density at radius 3 is 2.61 bits per heavy atom. The van der Waals surface area contributed by atoms with Crippen molar-refractivity contribution in [3.05, 3.63) is 127 Å². The third-order valence-corrected chi connectivity index (χ3v) is 7.16. The number of furan rings is 1. The van der Waals surface area contributed by atoms with Crippen LogP contribution in [0.5, 0.6) is 5.75 Å². The number of carbonyl (C=O) groups is 1. The van der Waals surface area contributed by atoms with E-state index >= 15 is 0 Å². The fourth-order valence-corrected chi connectivity index (χ4v) is 5.05. The zero-order valence-electron chi connectivity index (χ0n) is 22.4. The van der Waals surface area contributed by atoms with Gasteiger partial charge >= 0.3 is 5.69 Å². The molecular formula is C31H19BrClN5O6. The van der Waals surface area contributed by atoms with Gasteiger partial charge in [0.25, 0.3) is 11.5 Å². The van der Waals surface area contributed by atoms with E-state index in [9.17, 15) is 19.7 Å². The van der Waals surface area contributed by atoms with Crippen LogP contribution in [0.2, 0.25) is 5.02 Å². The molecule has 0 aliphatic carbocycles. The number of fused-ring (bicyclic) bond motifs is 2. The van der Waals surface area contributed by atoms with Crippen molar-refractivity contribution in [3.63, 3.8) is 0 Å². The minimum Gasteiger partial charge on any atom is -0.476 e. The Hall–Kier alpha value is -5.33. The molecule has 0 bridgehead atoms. The van der Waals surface area contributed by atoms with Crippen LogP contribution in [0, 0.1) is 10.1 Å². The van der Waals surface area contributed by atoms with Gasteiger partial charge in [-0.3, -0.25) is 19.7 Å². The van der Waals surface area contributed by atoms with E-state index in [2.05, 4.69) is 31.3 Å². The van der Waals surface area contributed by atoms with Crippen molar-refractivity contribution in [2.75, 3.05) is 11.9 Å². The second-order valence-electron chi connectivity index (χ2n) is 9.41. The van der Waals surface area contributed by atoms with Gasteiger partial charge in [-0.05, 0) is 54.6 Å². The largest absolute Gasteiger partial charge is 0.476 e. The number of rotatable bonds is 8. The van der Waals surface area contributed by atoms with Gasteiger partial charge < -0.3 is 14.5 Å². The van der Waals surface area contributed by atoms with Crippen LogP contribution >= 0.6 is 27.5 Å². The Bertz CT molecular complexity index is 2130. The minimum atomic E-state index is -0.641. The monoisotopic (exact) mass is 671 g/mol. The third kappa shape index (κ3) is 5.93. The summed E-state index contributed by atoms with van der Waals surface area (Å²) >= 11 is 9.18. The van der Waals surface area contributed by atoms with Crippen LogP contribution in [0.4, 0.5) is 11.4 Å². The van der Waals surface area contributed by atoms with Crippen LogP contribution in [-0.2, 0) is 4.79 Å². The first-order chi connectivity index (χ1) is 21.3. The summed E-state index contributed by atoms with van der Waals surface area (Å²) < 4.78 is 13.1. The molecule has 0 saturated carbocycles. The highest BCUT2D eigenvalue weighted by molar-refractivity contribution is 9.10. The Balaban J connectivity index is 1.41. The summed E-state index contributed by atoms with van der Waals surface area (Å²) in [5.41, 5.74) is 0.722. The van der Waals surface area contributed by atoms with Crippen LogP contribution in [-0.4, -0.2) is 33.3 Å². The van der Waals surface area contributed by atoms with Crippen molar-refractivity contribution in [2.24, 2.45) is 5.10 Å². The summed E-state index contributed by atoms with van der Waals surface area (Å²) in [5.74, 6) is -0.368. The van der Waals surface area contributed by atoms with Crippen LogP contribution in [0.3, 0.4) is 0 Å². The third-order valence-electron chi connectivity index (χ3n) is 6.45. The Kier molecular flexibility index (Phi) is 7.92. The topological polar surface area (TPSA) is 142 Å². The summed E-state index contributed by atoms with van der Waals surface area (Å²) in [5, 5.41) is 20.6. The standard InChI is InChI=1S/C31H19BrClN5O6/c32-20-13-19(29(25(15-20)38(41)42)43-17-28(39)35-22-11-9-21(33)10-12-22)16-34-37-30(27-14-18-5-1-4-8-26(18)44-27)36-24-7-3-2-6-23(24)31(37)40/h1-16H,17H2,(H,35,39). The van der Waals surface area contributed by atoms with E-state index in [4.69, 9.17) is 20.8 Å². The lowest BCUT2D eigenvalue weighted by molar-refractivity contribution is -0.385. The van der Waals surface area contributed by atoms with E-state index in [0.717, 1.165) is 10.1 Å². The number of anilines is 1. The van der Waals surface area contributed by atoms with Gasteiger partial charge in [0.2, 0.25) is 11.6 Å². The maximum Gasteiger partial charge on any atom is 0.312 e. The molecule has 11 nitrogen and oxygen atoms in total. The fourth-order valence-electron chi connectivity index (χ4n) is 4.46. The van der Waals surface area contributed by atoms with E-state index in [-0.39, 0.29) is 17.1 Å². The number of benzene rings is 4. The highest BCUT2D eigenvalue weighted by atomic mass is 79.9. The second kappa shape index (κ2) is 12.1. The van der Waals surface area contributed by atoms with Crippen molar-refractivity contribution in [1.82, 2.24) is 9.66 Å². The van der Waals surface area contributed by atoms with Gasteiger partial charge in [-0.2, -0.15) is 9.78 Å². The average molecular weight is 673 g/mol. The number of nitrogens with zero attached hydrogens (tertiary/aromatic N) is 4. The Labute approximate surface area is 261 Å². The lowest BCUT2D eigenvalue weighted by Gasteiger charge is -2.11. The zero-order valence-corrected chi connectivity index (χ0v) is 24.8. The summed E-state index contributed by atoms with van der Waals surface area (Å²) in [6, 6.07) is 25.1. The van der Waals surface area contributed by atoms with Gasteiger partial charge in [-0.1, -0.05) is 57.9 Å². The van der Waals surface area contributed by atoms with Gasteiger partial charge in [0.1, 0.15) is 5.58 Å². The number of amides is 1. The second-order valence-corrected chi connectivity index (χ2v) is 10.8. The highest BCUT2D eigenvalue weighted by Crippen LogP contribution is 2.34. The molecule has 0 aliphatic heterocycles. The van der Waals surface area contributed by atoms with Crippen LogP contribution in [0.25, 0.3) is 33.5 Å². The Morgan fingerprint density at radius 2 is 1.84 bits per heavy atom. The van der Waals surface area contributed by atoms with Crippen LogP contribution in [0.15, 0.2) is 110 Å². The van der Waals surface area contributed by atoms with Gasteiger partial charge in [0.15, 0.2) is 12.4 Å². The van der Waals surface area contributed by atoms with Crippen molar-refractivity contribution in [3.8, 4) is 17.3 Å². The summed E-state index contributed by atoms with van der Waals surface area (Å²) in [6.45, 7) is -0.548. The maximum atomic E-state index is 13.7. The molecule has 0 spiro atoms. The average Bonchev–Trinajstić information content (AvgIpc) is 3.45. The Morgan fingerprint density at radius 1 is 1.09 bits per heavy atom. The van der Waals surface area contributed by atoms with Crippen molar-refractivity contribution in [2.45, 2.75) is 0 Å². The molecule has 2 aromatic heterocycles. The number of hydrogen-bond acceptors (Lipinski definition) is 8. The van der Waals surface area contributed by atoms with E-state index < -0.39 is 28.7 Å². The smallest absolute Gasteiger partial charge is 0.312 e. The fraction of sp³-hybridized carbons (Fsp3) is 0.0323. The molecule has 0 saturated heterocycles. The van der Waals surface area contributed by atoms with E-state index in [1.807, 2.05) is 18.2 Å². The number of nitrogens with one attached hydrogen (secondary N) is 1. The highest BCUT2D eigenvalue weighted by Gasteiger charge is 2.22. The molecule has 13 heteroatoms. The summed E-state index contributed by atoms with van der Waals surface area (Å²) in [7, 11) is 0. The molecule has 6 rings (SSSR count). The SMILES string of the molecule is O=C(COc1c(C=Nn2c(-c3cc4ccccc4o3)nc3ccccc3c2=O)cc(Br)cc1[N+](=O)[O-])Nc1ccc(Cl)cc1. The molecule has 0 aliphatic rings. The number of carbonyl (C=O) groups excluding carboxylic acids is 1. The normalized spacial score (nSPS) is 11.3. The first-order valence-corrected chi connectivity index (χ1v) is 14.1. The van der Waals surface area contributed by atoms with Gasteiger partial charge in [0.05, 0.1) is 22.0 Å². The molecule has 2 heterocycles. The van der Waals surface area contributed by atoms with Gasteiger partial charge in [-0.15, -0.1) is 0 Å². The predicted molar refractivity (Wildman–Crippen MR) is 171 cm³/mol. The number of halogens is 2. The molecule has 4 aromatic carbocycles. The molecule has 0 atom stereocenters. The molecule has 6 aromatic rings. The number of ether oxygens (including phenoxy) is 1. The molecular weight excluding hydrogens is 654 g/mol. The molecule has 0 unspecified atom stereocenters. The van der Waals surface area contributed by atoms with Crippen LogP contribution in [0.1, 0.15) is 5.56 Å². The van der Waals surface area contributed by atoms with E-state index in [1.54, 1.807) is 60.7 Å². The molecule has 1 N–H and O–H groups in total. The zero-order chi connectivity index (χ0) is 30.8.